The van der Waals surface area contributed by atoms with Gasteiger partial charge in [-0.05, 0) is 109 Å². The van der Waals surface area contributed by atoms with E-state index in [-0.39, 0.29) is 29.8 Å². The van der Waals surface area contributed by atoms with Gasteiger partial charge in [0.25, 0.3) is 0 Å². The highest BCUT2D eigenvalue weighted by molar-refractivity contribution is 7.09. The van der Waals surface area contributed by atoms with Crippen LogP contribution < -0.4 is 59.4 Å². The molecule has 0 atom stereocenters. The quantitative estimate of drug-likeness (QED) is 0.0506. The number of rotatable bonds is 12. The van der Waals surface area contributed by atoms with E-state index in [1.54, 1.807) is 139 Å². The van der Waals surface area contributed by atoms with E-state index < -0.39 is 64.1 Å². The van der Waals surface area contributed by atoms with E-state index in [0.717, 1.165) is 17.4 Å². The number of pyridine rings is 1. The molecule has 38 heteroatoms. The summed E-state index contributed by atoms with van der Waals surface area (Å²) in [7, 11) is -9.23. The van der Waals surface area contributed by atoms with Crippen molar-refractivity contribution in [3.63, 3.8) is 0 Å². The molecule has 27 nitrogen and oxygen atoms in total. The van der Waals surface area contributed by atoms with Crippen LogP contribution in [0.15, 0.2) is 224 Å². The van der Waals surface area contributed by atoms with Gasteiger partial charge in [-0.25, -0.2) is 19.9 Å². The molecule has 0 spiro atoms. The number of nitrogens with zero attached hydrogens (tertiary/aromatic N) is 6. The largest absolute Gasteiger partial charge is 0.496 e. The van der Waals surface area contributed by atoms with E-state index in [9.17, 15) is 0 Å². The standard InChI is InChI=1S/C11H18BNO2.C8H11BO2.C7H9BO2.3C6H7BO2.C5H7BN2O3.C5H7BN2O2.C5H6BNO2.C4H5BO2S/c1-10(2)11(3,4)15-12(14-10)9-6-7-13(5)8-9;1-2-7-3-5-8(6-4-7)9(10)11;1-6-2-4-7(5-3-6)8(9)10;3*8-7(9)6-4-2-1-3-5-6;1-11-5-7-2-4(3-8-5)6(9)10;1-4-7-2-5(3-8-4)6(9)10;8-6(9)5-2-1-3-7-4-5;6-5(7)4-1-2-8-3-4/h6-8H,1-5H3;3-6,10-11H,2H2,1H3;2-5,9-10H,1H3;3*1-5,8-9H;2-3,9-10H,1H3;2-3,9-10H,1H3;1-4,8-9H;1-3,6-7H. The summed E-state index contributed by atoms with van der Waals surface area (Å²) in [5, 5.41) is 158. The summed E-state index contributed by atoms with van der Waals surface area (Å²) >= 11 is 1.45. The lowest BCUT2D eigenvalue weighted by Gasteiger charge is -2.32. The molecule has 5 aromatic heterocycles. The molecule has 528 valence electrons. The summed E-state index contributed by atoms with van der Waals surface area (Å²) in [6.07, 6.45) is 13.3. The third-order valence-corrected chi connectivity index (χ3v) is 14.5. The first-order valence-electron chi connectivity index (χ1n) is 30.8. The fraction of sp³-hybridized carbons (Fsp3) is 0.190. The molecule has 0 amide bonds. The second kappa shape index (κ2) is 48.0. The molecule has 0 saturated carbocycles. The number of aryl methyl sites for hydroxylation is 4. The molecule has 0 aliphatic carbocycles. The van der Waals surface area contributed by atoms with Gasteiger partial charge >= 0.3 is 77.2 Å². The highest BCUT2D eigenvalue weighted by Crippen LogP contribution is 2.36. The van der Waals surface area contributed by atoms with E-state index in [0.29, 0.717) is 49.5 Å². The molecule has 0 unspecified atom stereocenters. The third kappa shape index (κ3) is 36.5. The number of aromatic nitrogens is 6. The smallest absolute Gasteiger partial charge is 0.467 e. The predicted molar refractivity (Wildman–Crippen MR) is 400 cm³/mol. The second-order valence-corrected chi connectivity index (χ2v) is 23.0. The van der Waals surface area contributed by atoms with Gasteiger partial charge in [0.2, 0.25) is 0 Å². The summed E-state index contributed by atoms with van der Waals surface area (Å²) < 4.78 is 18.5. The minimum Gasteiger partial charge on any atom is -0.467 e. The monoisotopic (exact) mass is 1400 g/mol. The molecule has 1 aliphatic rings. The lowest BCUT2D eigenvalue weighted by Crippen LogP contribution is -2.41. The van der Waals surface area contributed by atoms with E-state index >= 15 is 0 Å². The van der Waals surface area contributed by atoms with Crippen LogP contribution in [0.5, 0.6) is 6.01 Å². The van der Waals surface area contributed by atoms with Crippen LogP contribution in [0.25, 0.3) is 0 Å². The minimum absolute atomic E-state index is 0.203. The van der Waals surface area contributed by atoms with Crippen molar-refractivity contribution in [2.24, 2.45) is 7.05 Å². The van der Waals surface area contributed by atoms with E-state index in [1.807, 2.05) is 79.5 Å². The Morgan fingerprint density at radius 1 is 0.426 bits per heavy atom. The van der Waals surface area contributed by atoms with Gasteiger partial charge in [-0.2, -0.15) is 11.3 Å². The molecule has 1 fully saturated rings. The van der Waals surface area contributed by atoms with Crippen LogP contribution in [0, 0.1) is 13.8 Å². The summed E-state index contributed by atoms with van der Waals surface area (Å²) in [5.74, 6) is 0.615. The number of hydrogen-bond donors (Lipinski definition) is 18. The number of ether oxygens (including phenoxy) is 1. The fourth-order valence-corrected chi connectivity index (χ4v) is 7.91. The van der Waals surface area contributed by atoms with Gasteiger partial charge in [0, 0.05) is 78.5 Å². The van der Waals surface area contributed by atoms with Gasteiger partial charge in [0.05, 0.1) is 18.3 Å². The van der Waals surface area contributed by atoms with Gasteiger partial charge < -0.3 is 109 Å². The summed E-state index contributed by atoms with van der Waals surface area (Å²) in [6, 6.07) is 47.4. The maximum absolute atomic E-state index is 8.74. The molecule has 6 heterocycles. The lowest BCUT2D eigenvalue weighted by atomic mass is 9.80. The van der Waals surface area contributed by atoms with Crippen molar-refractivity contribution in [2.45, 2.75) is 66.1 Å². The summed E-state index contributed by atoms with van der Waals surface area (Å²) in [6.45, 7) is 14.0. The van der Waals surface area contributed by atoms with E-state index in [4.69, 9.17) is 99.7 Å². The lowest BCUT2D eigenvalue weighted by molar-refractivity contribution is 0.00578. The number of methoxy groups -OCH3 is 1. The zero-order chi connectivity index (χ0) is 75.7. The van der Waals surface area contributed by atoms with Crippen LogP contribution in [0.4, 0.5) is 0 Å². The van der Waals surface area contributed by atoms with Gasteiger partial charge in [-0.15, -0.1) is 0 Å². The Hall–Kier alpha value is -7.96. The van der Waals surface area contributed by atoms with Crippen LogP contribution >= 0.6 is 11.3 Å². The SMILES string of the molecule is CCc1ccc(B(O)O)cc1.COc1ncc(B(O)O)cn1.Cc1ccc(B(O)O)cc1.Cc1ncc(B(O)O)cn1.Cn1ccc(B2OC(C)(C)C(C)(C)O2)c1.OB(O)c1ccccc1.OB(O)c1ccccc1.OB(O)c1ccccc1.OB(O)c1cccnc1.OB(O)c1ccsc1. The Kier molecular flexibility index (Phi) is 42.4. The van der Waals surface area contributed by atoms with Gasteiger partial charge in [0.15, 0.2) is 0 Å². The maximum Gasteiger partial charge on any atom is 0.496 e. The fourth-order valence-electron chi connectivity index (χ4n) is 7.23. The number of thiophene rings is 1. The first-order valence-corrected chi connectivity index (χ1v) is 31.8. The van der Waals surface area contributed by atoms with Gasteiger partial charge in [0.1, 0.15) is 5.82 Å². The van der Waals surface area contributed by atoms with Crippen molar-refractivity contribution in [2.75, 3.05) is 7.11 Å². The molecule has 5 aromatic carbocycles. The first-order chi connectivity index (χ1) is 47.7. The topological polar surface area (TPSA) is 461 Å². The highest BCUT2D eigenvalue weighted by Gasteiger charge is 2.52. The normalized spacial score (nSPS) is 11.4. The average Bonchev–Trinajstić information content (AvgIpc) is 1.62. The van der Waals surface area contributed by atoms with Crippen molar-refractivity contribution in [3.05, 3.63) is 241 Å². The first kappa shape index (κ1) is 89.1. The Morgan fingerprint density at radius 3 is 1.06 bits per heavy atom. The Balaban J connectivity index is 0.000000383. The van der Waals surface area contributed by atoms with Gasteiger partial charge in [-0.1, -0.05) is 164 Å². The molecule has 0 radical (unpaired) electrons. The van der Waals surface area contributed by atoms with Crippen molar-refractivity contribution >= 4 is 137 Å². The van der Waals surface area contributed by atoms with Crippen molar-refractivity contribution in [1.29, 1.82) is 0 Å². The molecular formula is C63H84B10N6O21S. The average molecular weight is 1400 g/mol. The molecule has 10 aromatic rings. The zero-order valence-corrected chi connectivity index (χ0v) is 58.0. The molecule has 18 N–H and O–H groups in total. The highest BCUT2D eigenvalue weighted by atomic mass is 32.1. The van der Waals surface area contributed by atoms with E-state index in [1.165, 1.54) is 55.0 Å². The second-order valence-electron chi connectivity index (χ2n) is 22.2. The molecule has 1 saturated heterocycles. The Morgan fingerprint density at radius 2 is 0.782 bits per heavy atom. The van der Waals surface area contributed by atoms with Crippen LogP contribution in [0.2, 0.25) is 0 Å². The van der Waals surface area contributed by atoms with Crippen molar-refractivity contribution in [1.82, 2.24) is 29.5 Å². The number of benzene rings is 5. The van der Waals surface area contributed by atoms with Crippen LogP contribution in [0.3, 0.4) is 0 Å². The molecule has 101 heavy (non-hydrogen) atoms. The Bertz CT molecular complexity index is 3410. The minimum atomic E-state index is -1.53. The van der Waals surface area contributed by atoms with Crippen molar-refractivity contribution < 1.29 is 104 Å². The van der Waals surface area contributed by atoms with Crippen molar-refractivity contribution in [3.8, 4) is 6.01 Å². The number of hydrogen-bond acceptors (Lipinski definition) is 27. The molecular weight excluding hydrogens is 1320 g/mol. The summed E-state index contributed by atoms with van der Waals surface area (Å²) in [4.78, 5) is 18.6. The maximum atomic E-state index is 8.74. The summed E-state index contributed by atoms with van der Waals surface area (Å²) in [5.41, 5.74) is 7.07. The van der Waals surface area contributed by atoms with Crippen LogP contribution in [-0.4, -0.2) is 209 Å². The Labute approximate surface area is 595 Å². The van der Waals surface area contributed by atoms with Crippen LogP contribution in [0.1, 0.15) is 51.6 Å². The van der Waals surface area contributed by atoms with Crippen LogP contribution in [-0.2, 0) is 22.8 Å². The molecule has 1 aliphatic heterocycles. The third-order valence-electron chi connectivity index (χ3n) is 13.8. The zero-order valence-electron chi connectivity index (χ0n) is 57.2. The van der Waals surface area contributed by atoms with E-state index in [2.05, 4.69) is 64.3 Å². The molecule has 11 rings (SSSR count). The molecule has 0 bridgehead atoms. The predicted octanol–water partition coefficient (Wildman–Crippen LogP) is -6.15. The van der Waals surface area contributed by atoms with Gasteiger partial charge in [-0.3, -0.25) is 4.98 Å².